The number of epoxide rings is 1. The van der Waals surface area contributed by atoms with Crippen LogP contribution in [0, 0.1) is 5.92 Å². The summed E-state index contributed by atoms with van der Waals surface area (Å²) in [7, 11) is -3.88. The summed E-state index contributed by atoms with van der Waals surface area (Å²) >= 11 is 0. The molecule has 4 aromatic heterocycles. The Morgan fingerprint density at radius 2 is 1.88 bits per heavy atom. The van der Waals surface area contributed by atoms with Gasteiger partial charge < -0.3 is 25.7 Å². The van der Waals surface area contributed by atoms with E-state index in [1.807, 2.05) is 37.4 Å². The normalized spacial score (nSPS) is 20.8. The van der Waals surface area contributed by atoms with E-state index < -0.39 is 28.4 Å². The molecule has 2 aliphatic heterocycles. The van der Waals surface area contributed by atoms with Crippen LogP contribution in [-0.2, 0) is 39.1 Å². The van der Waals surface area contributed by atoms with Crippen LogP contribution in [0.1, 0.15) is 62.0 Å². The van der Waals surface area contributed by atoms with E-state index in [1.165, 1.54) is 23.5 Å². The van der Waals surface area contributed by atoms with Gasteiger partial charge in [0.15, 0.2) is 6.23 Å². The first-order chi connectivity index (χ1) is 24.7. The number of aromatic nitrogens is 5. The molecule has 3 atom stereocenters. The molecule has 15 nitrogen and oxygen atoms in total. The highest BCUT2D eigenvalue weighted by molar-refractivity contribution is 7.89. The molecule has 0 bridgehead atoms. The molecule has 1 aliphatic carbocycles. The van der Waals surface area contributed by atoms with Gasteiger partial charge in [-0.05, 0) is 55.0 Å². The number of pyridine rings is 3. The summed E-state index contributed by atoms with van der Waals surface area (Å²) in [5, 5.41) is 7.01. The molecular formula is C35H46N10O5S. The van der Waals surface area contributed by atoms with Crippen molar-refractivity contribution >= 4 is 32.7 Å². The molecule has 3 aliphatic rings. The third-order valence-corrected chi connectivity index (χ3v) is 11.6. The Morgan fingerprint density at radius 1 is 1.08 bits per heavy atom. The predicted molar refractivity (Wildman–Crippen MR) is 191 cm³/mol. The molecule has 0 radical (unpaired) electrons. The van der Waals surface area contributed by atoms with E-state index in [4.69, 9.17) is 10.5 Å². The number of H-pyrrole nitrogens is 1. The van der Waals surface area contributed by atoms with Gasteiger partial charge in [0, 0.05) is 57.2 Å². The number of hydrogen-bond donors (Lipinski definition) is 4. The summed E-state index contributed by atoms with van der Waals surface area (Å²) in [5.41, 5.74) is 11.1. The largest absolute Gasteiger partial charge is 0.368 e. The van der Waals surface area contributed by atoms with Crippen molar-refractivity contribution in [2.24, 2.45) is 11.7 Å². The van der Waals surface area contributed by atoms with Crippen molar-refractivity contribution in [3.8, 4) is 0 Å². The van der Waals surface area contributed by atoms with Crippen LogP contribution >= 0.6 is 0 Å². The number of rotatable bonds is 13. The van der Waals surface area contributed by atoms with Gasteiger partial charge >= 0.3 is 0 Å². The summed E-state index contributed by atoms with van der Waals surface area (Å²) in [6.07, 6.45) is 11.2. The molecule has 5 N–H and O–H groups in total. The number of carbonyl (C=O) groups is 1. The van der Waals surface area contributed by atoms with Gasteiger partial charge in [0.2, 0.25) is 15.9 Å². The number of ether oxygens (including phenoxy) is 1. The minimum absolute atomic E-state index is 0.0156. The average Bonchev–Trinajstić information content (AvgIpc) is 3.72. The van der Waals surface area contributed by atoms with Gasteiger partial charge in [0.1, 0.15) is 11.0 Å². The van der Waals surface area contributed by atoms with Crippen LogP contribution in [0.3, 0.4) is 0 Å². The third-order valence-electron chi connectivity index (χ3n) is 10.2. The molecule has 0 spiro atoms. The number of aryl methyl sites for hydroxylation is 1. The minimum Gasteiger partial charge on any atom is -0.368 e. The number of nitrogens with zero attached hydrogens (tertiary/aromatic N) is 6. The first-order valence-corrected chi connectivity index (χ1v) is 19.3. The second-order valence-electron chi connectivity index (χ2n) is 13.7. The fourth-order valence-electron chi connectivity index (χ4n) is 7.06. The van der Waals surface area contributed by atoms with Crippen LogP contribution < -0.4 is 26.2 Å². The summed E-state index contributed by atoms with van der Waals surface area (Å²) in [5.74, 6) is 0.0353. The summed E-state index contributed by atoms with van der Waals surface area (Å²) in [4.78, 5) is 41.5. The quantitative estimate of drug-likeness (QED) is 0.147. The molecular weight excluding hydrogens is 673 g/mol. The number of amides is 1. The fourth-order valence-corrected chi connectivity index (χ4v) is 8.13. The summed E-state index contributed by atoms with van der Waals surface area (Å²) in [6, 6.07) is 7.22. The number of fused-ring (bicyclic) bond motifs is 1. The second-order valence-corrected chi connectivity index (χ2v) is 15.4. The molecule has 3 fully saturated rings. The molecule has 7 rings (SSSR count). The standard InChI is InChI=1S/C35H46N10O5S/c1-2-24-17-29-30(41-33(24)46)16-23(18-38-29)21-43-12-14-44(15-13-43)26-8-9-28(39-19-26)32-35(50-32)42-51(48,49)27-20-40-45(22-27)11-10-37-34(47)31(36)25-6-4-3-5-7-25/h8-9,16-20,22,25,31-32,35,42H,2-7,10-15,21,36H2,1H3,(H,37,47)(H,41,46). The highest BCUT2D eigenvalue weighted by Crippen LogP contribution is 2.37. The van der Waals surface area contributed by atoms with Gasteiger partial charge in [0.05, 0.1) is 47.4 Å². The van der Waals surface area contributed by atoms with E-state index in [-0.39, 0.29) is 22.3 Å². The number of anilines is 1. The number of carbonyl (C=O) groups excluding carboxylic acids is 1. The molecule has 1 amide bonds. The first-order valence-electron chi connectivity index (χ1n) is 17.8. The van der Waals surface area contributed by atoms with Gasteiger partial charge in [-0.1, -0.05) is 26.2 Å². The molecule has 3 unspecified atom stereocenters. The molecule has 16 heteroatoms. The average molecular weight is 719 g/mol. The van der Waals surface area contributed by atoms with Crippen LogP contribution in [0.5, 0.6) is 0 Å². The van der Waals surface area contributed by atoms with Crippen molar-refractivity contribution in [1.82, 2.24) is 39.7 Å². The topological polar surface area (TPSA) is 197 Å². The molecule has 0 aromatic carbocycles. The number of nitrogens with one attached hydrogen (secondary N) is 3. The Balaban J connectivity index is 0.852. The number of piperazine rings is 1. The Hall–Kier alpha value is -4.22. The van der Waals surface area contributed by atoms with E-state index in [1.54, 1.807) is 6.20 Å². The van der Waals surface area contributed by atoms with Gasteiger partial charge in [0.25, 0.3) is 5.56 Å². The molecule has 51 heavy (non-hydrogen) atoms. The van der Waals surface area contributed by atoms with Crippen molar-refractivity contribution in [2.75, 3.05) is 37.6 Å². The van der Waals surface area contributed by atoms with E-state index in [2.05, 4.69) is 39.9 Å². The number of sulfonamides is 1. The Bertz CT molecular complexity index is 2000. The lowest BCUT2D eigenvalue weighted by Crippen LogP contribution is -2.46. The minimum atomic E-state index is -3.88. The third kappa shape index (κ3) is 8.31. The highest BCUT2D eigenvalue weighted by atomic mass is 32.2. The van der Waals surface area contributed by atoms with Crippen LogP contribution in [-0.4, -0.2) is 89.0 Å². The highest BCUT2D eigenvalue weighted by Gasteiger charge is 2.44. The molecule has 6 heterocycles. The van der Waals surface area contributed by atoms with Crippen molar-refractivity contribution in [3.05, 3.63) is 76.2 Å². The van der Waals surface area contributed by atoms with Gasteiger partial charge in [-0.25, -0.2) is 8.42 Å². The maximum absolute atomic E-state index is 13.0. The van der Waals surface area contributed by atoms with E-state index in [0.29, 0.717) is 25.2 Å². The van der Waals surface area contributed by atoms with Gasteiger partial charge in [-0.3, -0.25) is 29.1 Å². The summed E-state index contributed by atoms with van der Waals surface area (Å²) < 4.78 is 35.8. The van der Waals surface area contributed by atoms with Gasteiger partial charge in [-0.2, -0.15) is 9.82 Å². The maximum atomic E-state index is 13.0. The van der Waals surface area contributed by atoms with E-state index >= 15 is 0 Å². The number of nitrogens with two attached hydrogens (primary N) is 1. The SMILES string of the molecule is CCc1cc2ncc(CN3CCN(c4ccc(C5OC5NS(=O)(=O)c5cnn(CCNC(=O)C(N)C6CCCCC6)c5)nc4)CC3)cc2[nH]c1=O. The van der Waals surface area contributed by atoms with Gasteiger partial charge in [-0.15, -0.1) is 0 Å². The second kappa shape index (κ2) is 15.2. The number of aromatic amines is 1. The zero-order chi connectivity index (χ0) is 35.5. The predicted octanol–water partition coefficient (Wildman–Crippen LogP) is 1.80. The lowest BCUT2D eigenvalue weighted by atomic mass is 9.84. The smallest absolute Gasteiger partial charge is 0.251 e. The number of hydrogen-bond acceptors (Lipinski definition) is 11. The van der Waals surface area contributed by atoms with Crippen LogP contribution in [0.25, 0.3) is 11.0 Å². The maximum Gasteiger partial charge on any atom is 0.251 e. The fraction of sp³-hybridized carbons (Fsp3) is 0.514. The lowest BCUT2D eigenvalue weighted by molar-refractivity contribution is -0.123. The Kier molecular flexibility index (Phi) is 10.5. The molecule has 2 saturated heterocycles. The van der Waals surface area contributed by atoms with Crippen molar-refractivity contribution in [1.29, 1.82) is 0 Å². The van der Waals surface area contributed by atoms with Crippen molar-refractivity contribution in [2.45, 2.75) is 81.8 Å². The van der Waals surface area contributed by atoms with Crippen LogP contribution in [0.2, 0.25) is 0 Å². The van der Waals surface area contributed by atoms with Crippen LogP contribution in [0.15, 0.2) is 58.7 Å². The van der Waals surface area contributed by atoms with E-state index in [0.717, 1.165) is 86.3 Å². The van der Waals surface area contributed by atoms with Crippen LogP contribution in [0.4, 0.5) is 5.69 Å². The monoisotopic (exact) mass is 718 g/mol. The molecule has 272 valence electrons. The Morgan fingerprint density at radius 3 is 2.63 bits per heavy atom. The lowest BCUT2D eigenvalue weighted by Gasteiger charge is -2.36. The van der Waals surface area contributed by atoms with Crippen molar-refractivity contribution in [3.63, 3.8) is 0 Å². The van der Waals surface area contributed by atoms with E-state index in [9.17, 15) is 18.0 Å². The Labute approximate surface area is 297 Å². The first kappa shape index (κ1) is 35.2. The molecule has 1 saturated carbocycles. The zero-order valence-electron chi connectivity index (χ0n) is 28.8. The summed E-state index contributed by atoms with van der Waals surface area (Å²) in [6.45, 7) is 6.70. The molecule has 4 aromatic rings. The zero-order valence-corrected chi connectivity index (χ0v) is 29.6. The van der Waals surface area contributed by atoms with Crippen molar-refractivity contribution < 1.29 is 17.9 Å².